The van der Waals surface area contributed by atoms with Crippen LogP contribution < -0.4 is 5.73 Å². The van der Waals surface area contributed by atoms with E-state index in [1.54, 1.807) is 0 Å². The highest BCUT2D eigenvalue weighted by atomic mass is 16.2. The summed E-state index contributed by atoms with van der Waals surface area (Å²) in [5.41, 5.74) is 7.44. The lowest BCUT2D eigenvalue weighted by molar-refractivity contribution is 0.0629. The van der Waals surface area contributed by atoms with Crippen molar-refractivity contribution in [3.05, 3.63) is 17.5 Å². The largest absolute Gasteiger partial charge is 0.333 e. The van der Waals surface area contributed by atoms with Crippen molar-refractivity contribution in [3.63, 3.8) is 0 Å². The van der Waals surface area contributed by atoms with Crippen LogP contribution in [0.15, 0.2) is 6.07 Å². The third kappa shape index (κ3) is 3.64. The molecule has 1 heterocycles. The van der Waals surface area contributed by atoms with Crippen LogP contribution in [0.4, 0.5) is 0 Å². The number of hydrogen-bond donors (Lipinski definition) is 1. The quantitative estimate of drug-likeness (QED) is 0.874. The summed E-state index contributed by atoms with van der Waals surface area (Å²) in [7, 11) is 0. The molecule has 5 nitrogen and oxygen atoms in total. The number of amides is 1. The van der Waals surface area contributed by atoms with Crippen LogP contribution in [0.1, 0.15) is 62.1 Å². The Kier molecular flexibility index (Phi) is 5.79. The van der Waals surface area contributed by atoms with Crippen molar-refractivity contribution < 1.29 is 4.79 Å². The molecule has 2 rings (SSSR count). The zero-order valence-electron chi connectivity index (χ0n) is 13.3. The number of hydrogen-bond acceptors (Lipinski definition) is 3. The van der Waals surface area contributed by atoms with Gasteiger partial charge in [-0.05, 0) is 32.3 Å². The molecule has 1 fully saturated rings. The molecule has 1 amide bonds. The van der Waals surface area contributed by atoms with Crippen LogP contribution in [0.2, 0.25) is 0 Å². The molecule has 0 atom stereocenters. The summed E-state index contributed by atoms with van der Waals surface area (Å²) < 4.78 is 1.83. The van der Waals surface area contributed by atoms with Crippen LogP contribution in [0.3, 0.4) is 0 Å². The Morgan fingerprint density at radius 3 is 2.67 bits per heavy atom. The Morgan fingerprint density at radius 2 is 2.10 bits per heavy atom. The summed E-state index contributed by atoms with van der Waals surface area (Å²) in [4.78, 5) is 14.9. The van der Waals surface area contributed by atoms with Gasteiger partial charge in [-0.2, -0.15) is 5.10 Å². The van der Waals surface area contributed by atoms with E-state index in [0.717, 1.165) is 31.5 Å². The normalized spacial score (nSPS) is 16.1. The molecule has 21 heavy (non-hydrogen) atoms. The summed E-state index contributed by atoms with van der Waals surface area (Å²) >= 11 is 0. The monoisotopic (exact) mass is 292 g/mol. The lowest BCUT2D eigenvalue weighted by Gasteiger charge is -2.34. The van der Waals surface area contributed by atoms with Crippen LogP contribution in [-0.2, 0) is 13.0 Å². The Balaban J connectivity index is 2.22. The zero-order chi connectivity index (χ0) is 15.2. The molecule has 0 radical (unpaired) electrons. The third-order valence-corrected chi connectivity index (χ3v) is 4.36. The van der Waals surface area contributed by atoms with Gasteiger partial charge in [-0.1, -0.05) is 26.2 Å². The topological polar surface area (TPSA) is 64.2 Å². The number of aryl methyl sites for hydroxylation is 2. The van der Waals surface area contributed by atoms with E-state index in [9.17, 15) is 4.79 Å². The average Bonchev–Trinajstić information content (AvgIpc) is 2.96. The molecule has 0 saturated heterocycles. The van der Waals surface area contributed by atoms with Gasteiger partial charge in [-0.25, -0.2) is 0 Å². The van der Waals surface area contributed by atoms with Gasteiger partial charge < -0.3 is 10.6 Å². The van der Waals surface area contributed by atoms with E-state index < -0.39 is 0 Å². The van der Waals surface area contributed by atoms with Crippen LogP contribution in [-0.4, -0.2) is 39.7 Å². The number of carbonyl (C=O) groups excluding carboxylic acids is 1. The molecule has 5 heteroatoms. The molecule has 1 aromatic rings. The first-order valence-corrected chi connectivity index (χ1v) is 8.29. The number of nitrogens with zero attached hydrogens (tertiary/aromatic N) is 3. The van der Waals surface area contributed by atoms with Gasteiger partial charge in [0.1, 0.15) is 5.69 Å². The standard InChI is InChI=1S/C16H28N4O/c1-3-13-12-15(20(4-2)18-13)16(21)19(11-10-17)14-8-6-5-7-9-14/h12,14H,3-11,17H2,1-2H3. The summed E-state index contributed by atoms with van der Waals surface area (Å²) in [6.45, 7) is 5.97. The first kappa shape index (κ1) is 16.0. The van der Waals surface area contributed by atoms with Gasteiger partial charge in [0.15, 0.2) is 0 Å². The maximum Gasteiger partial charge on any atom is 0.272 e. The van der Waals surface area contributed by atoms with E-state index in [0.29, 0.717) is 24.8 Å². The lowest BCUT2D eigenvalue weighted by atomic mass is 9.94. The van der Waals surface area contributed by atoms with Crippen molar-refractivity contribution in [2.45, 2.75) is 65.0 Å². The molecule has 0 bridgehead atoms. The molecule has 0 aliphatic heterocycles. The molecule has 0 aromatic carbocycles. The summed E-state index contributed by atoms with van der Waals surface area (Å²) in [5.74, 6) is 0.0985. The number of nitrogens with two attached hydrogens (primary N) is 1. The molecule has 2 N–H and O–H groups in total. The highest BCUT2D eigenvalue weighted by molar-refractivity contribution is 5.93. The maximum atomic E-state index is 13.0. The van der Waals surface area contributed by atoms with Gasteiger partial charge in [0, 0.05) is 25.7 Å². The minimum absolute atomic E-state index is 0.0985. The second kappa shape index (κ2) is 7.59. The first-order valence-electron chi connectivity index (χ1n) is 8.29. The second-order valence-electron chi connectivity index (χ2n) is 5.77. The molecule has 1 aliphatic rings. The molecule has 1 aromatic heterocycles. The smallest absolute Gasteiger partial charge is 0.272 e. The average molecular weight is 292 g/mol. The van der Waals surface area contributed by atoms with Crippen molar-refractivity contribution in [2.75, 3.05) is 13.1 Å². The molecule has 1 aliphatic carbocycles. The zero-order valence-corrected chi connectivity index (χ0v) is 13.3. The van der Waals surface area contributed by atoms with Crippen LogP contribution >= 0.6 is 0 Å². The molecule has 0 unspecified atom stereocenters. The van der Waals surface area contributed by atoms with Gasteiger partial charge in [0.25, 0.3) is 5.91 Å². The molecule has 1 saturated carbocycles. The van der Waals surface area contributed by atoms with E-state index in [1.807, 2.05) is 22.6 Å². The van der Waals surface area contributed by atoms with Gasteiger partial charge in [-0.3, -0.25) is 9.48 Å². The van der Waals surface area contributed by atoms with Crippen molar-refractivity contribution in [1.82, 2.24) is 14.7 Å². The summed E-state index contributed by atoms with van der Waals surface area (Å²) in [6, 6.07) is 2.29. The van der Waals surface area contributed by atoms with Gasteiger partial charge in [0.05, 0.1) is 5.69 Å². The minimum Gasteiger partial charge on any atom is -0.333 e. The van der Waals surface area contributed by atoms with Crippen molar-refractivity contribution in [2.24, 2.45) is 5.73 Å². The minimum atomic E-state index is 0.0985. The van der Waals surface area contributed by atoms with Gasteiger partial charge in [-0.15, -0.1) is 0 Å². The van der Waals surface area contributed by atoms with Crippen molar-refractivity contribution in [3.8, 4) is 0 Å². The molecular formula is C16H28N4O. The number of aromatic nitrogens is 2. The van der Waals surface area contributed by atoms with Crippen LogP contribution in [0.25, 0.3) is 0 Å². The van der Waals surface area contributed by atoms with E-state index in [2.05, 4.69) is 12.0 Å². The third-order valence-electron chi connectivity index (χ3n) is 4.36. The highest BCUT2D eigenvalue weighted by Gasteiger charge is 2.27. The highest BCUT2D eigenvalue weighted by Crippen LogP contribution is 2.24. The Bertz CT molecular complexity index is 463. The predicted octanol–water partition coefficient (Wildman–Crippen LogP) is 2.20. The van der Waals surface area contributed by atoms with E-state index in [1.165, 1.54) is 19.3 Å². The predicted molar refractivity (Wildman–Crippen MR) is 84.2 cm³/mol. The Hall–Kier alpha value is -1.36. The summed E-state index contributed by atoms with van der Waals surface area (Å²) in [6.07, 6.45) is 6.78. The van der Waals surface area contributed by atoms with E-state index >= 15 is 0 Å². The second-order valence-corrected chi connectivity index (χ2v) is 5.77. The molecule has 118 valence electrons. The molecular weight excluding hydrogens is 264 g/mol. The molecule has 0 spiro atoms. The van der Waals surface area contributed by atoms with Gasteiger partial charge in [0.2, 0.25) is 0 Å². The maximum absolute atomic E-state index is 13.0. The van der Waals surface area contributed by atoms with E-state index in [-0.39, 0.29) is 5.91 Å². The van der Waals surface area contributed by atoms with Crippen molar-refractivity contribution >= 4 is 5.91 Å². The van der Waals surface area contributed by atoms with Crippen molar-refractivity contribution in [1.29, 1.82) is 0 Å². The SMILES string of the molecule is CCc1cc(C(=O)N(CCN)C2CCCCC2)n(CC)n1. The fourth-order valence-corrected chi connectivity index (χ4v) is 3.18. The van der Waals surface area contributed by atoms with Crippen LogP contribution in [0.5, 0.6) is 0 Å². The lowest BCUT2D eigenvalue weighted by Crippen LogP contribution is -2.44. The number of carbonyl (C=O) groups is 1. The fraction of sp³-hybridized carbons (Fsp3) is 0.750. The fourth-order valence-electron chi connectivity index (χ4n) is 3.18. The Labute approximate surface area is 127 Å². The van der Waals surface area contributed by atoms with E-state index in [4.69, 9.17) is 5.73 Å². The first-order chi connectivity index (χ1) is 10.2. The number of rotatable bonds is 6. The Morgan fingerprint density at radius 1 is 1.38 bits per heavy atom. The van der Waals surface area contributed by atoms with Crippen LogP contribution in [0, 0.1) is 0 Å². The van der Waals surface area contributed by atoms with Gasteiger partial charge >= 0.3 is 0 Å². The summed E-state index contributed by atoms with van der Waals surface area (Å²) in [5, 5.41) is 4.49.